The van der Waals surface area contributed by atoms with Gasteiger partial charge in [0, 0.05) is 12.6 Å². The number of hydrogen-bond donors (Lipinski definition) is 1. The van der Waals surface area contributed by atoms with Crippen molar-refractivity contribution in [2.45, 2.75) is 6.92 Å². The minimum atomic E-state index is -0.400. The van der Waals surface area contributed by atoms with E-state index in [1.54, 1.807) is 36.7 Å². The second-order valence-electron chi connectivity index (χ2n) is 3.64. The van der Waals surface area contributed by atoms with Crippen molar-refractivity contribution in [3.63, 3.8) is 0 Å². The van der Waals surface area contributed by atoms with Gasteiger partial charge in [0.15, 0.2) is 10.6 Å². The lowest BCUT2D eigenvalue weighted by Gasteiger charge is -2.04. The maximum atomic E-state index is 11.1. The van der Waals surface area contributed by atoms with E-state index in [2.05, 4.69) is 10.2 Å². The topological polar surface area (TPSA) is 76.8 Å². The van der Waals surface area contributed by atoms with Crippen LogP contribution < -0.4 is 0 Å². The van der Waals surface area contributed by atoms with Crippen molar-refractivity contribution >= 4 is 17.9 Å². The van der Waals surface area contributed by atoms with Crippen molar-refractivity contribution < 1.29 is 4.92 Å². The summed E-state index contributed by atoms with van der Waals surface area (Å²) in [6.07, 6.45) is 0. The number of nitrogens with one attached hydrogen (secondary N) is 1. The molecule has 0 spiro atoms. The Balaban J connectivity index is 2.76. The van der Waals surface area contributed by atoms with E-state index in [-0.39, 0.29) is 5.69 Å². The van der Waals surface area contributed by atoms with Crippen molar-refractivity contribution in [3.8, 4) is 11.4 Å². The molecule has 0 bridgehead atoms. The Bertz CT molecular complexity index is 644. The highest BCUT2D eigenvalue weighted by Crippen LogP contribution is 2.30. The third-order valence-corrected chi connectivity index (χ3v) is 2.91. The van der Waals surface area contributed by atoms with Crippen molar-refractivity contribution in [2.75, 3.05) is 0 Å². The smallest absolute Gasteiger partial charge is 0.283 e. The van der Waals surface area contributed by atoms with Gasteiger partial charge < -0.3 is 4.57 Å². The Morgan fingerprint density at radius 2 is 2.24 bits per heavy atom. The number of nitro benzene ring substituents is 1. The first kappa shape index (κ1) is 11.5. The zero-order valence-electron chi connectivity index (χ0n) is 9.30. The molecule has 7 heteroatoms. The quantitative estimate of drug-likeness (QED) is 0.504. The first-order valence-electron chi connectivity index (χ1n) is 4.88. The van der Waals surface area contributed by atoms with Gasteiger partial charge in [0.05, 0.1) is 10.5 Å². The van der Waals surface area contributed by atoms with Gasteiger partial charge in [-0.25, -0.2) is 0 Å². The summed E-state index contributed by atoms with van der Waals surface area (Å²) < 4.78 is 2.03. The molecule has 0 radical (unpaired) electrons. The SMILES string of the molecule is Cc1cccc(-c2n[nH]c(=S)n2C)c1[N+](=O)[O-]. The lowest BCUT2D eigenvalue weighted by Crippen LogP contribution is -1.99. The molecule has 0 saturated carbocycles. The summed E-state index contributed by atoms with van der Waals surface area (Å²) in [6, 6.07) is 5.12. The van der Waals surface area contributed by atoms with E-state index in [1.807, 2.05) is 0 Å². The van der Waals surface area contributed by atoms with Gasteiger partial charge in [0.2, 0.25) is 0 Å². The van der Waals surface area contributed by atoms with Crippen LogP contribution in [0.25, 0.3) is 11.4 Å². The van der Waals surface area contributed by atoms with Crippen LogP contribution in [0.5, 0.6) is 0 Å². The fourth-order valence-corrected chi connectivity index (χ4v) is 1.80. The second kappa shape index (κ2) is 4.10. The molecule has 1 N–H and O–H groups in total. The number of aromatic amines is 1. The molecule has 6 nitrogen and oxygen atoms in total. The van der Waals surface area contributed by atoms with Gasteiger partial charge in [-0.05, 0) is 25.2 Å². The third-order valence-electron chi connectivity index (χ3n) is 2.54. The van der Waals surface area contributed by atoms with Crippen LogP contribution in [0.3, 0.4) is 0 Å². The number of nitrogens with zero attached hydrogens (tertiary/aromatic N) is 3. The molecule has 0 saturated heterocycles. The average Bonchev–Trinajstić information content (AvgIpc) is 2.59. The van der Waals surface area contributed by atoms with Crippen LogP contribution in [0.4, 0.5) is 5.69 Å². The highest BCUT2D eigenvalue weighted by atomic mass is 32.1. The first-order valence-corrected chi connectivity index (χ1v) is 5.29. The van der Waals surface area contributed by atoms with Crippen LogP contribution in [0.2, 0.25) is 0 Å². The monoisotopic (exact) mass is 250 g/mol. The fraction of sp³-hybridized carbons (Fsp3) is 0.200. The van der Waals surface area contributed by atoms with E-state index >= 15 is 0 Å². The fourth-order valence-electron chi connectivity index (χ4n) is 1.67. The van der Waals surface area contributed by atoms with E-state index < -0.39 is 4.92 Å². The third kappa shape index (κ3) is 1.84. The molecule has 0 fully saturated rings. The summed E-state index contributed by atoms with van der Waals surface area (Å²) >= 11 is 4.99. The van der Waals surface area contributed by atoms with Crippen molar-refractivity contribution in [1.29, 1.82) is 0 Å². The number of nitro groups is 1. The highest BCUT2D eigenvalue weighted by molar-refractivity contribution is 7.71. The number of hydrogen-bond acceptors (Lipinski definition) is 4. The summed E-state index contributed by atoms with van der Waals surface area (Å²) in [5, 5.41) is 17.7. The van der Waals surface area contributed by atoms with E-state index in [1.165, 1.54) is 0 Å². The Morgan fingerprint density at radius 1 is 1.53 bits per heavy atom. The Kier molecular flexibility index (Phi) is 2.76. The molecule has 17 heavy (non-hydrogen) atoms. The summed E-state index contributed by atoms with van der Waals surface area (Å²) in [4.78, 5) is 10.7. The molecule has 2 rings (SSSR count). The molecule has 0 unspecified atom stereocenters. The molecule has 0 amide bonds. The predicted molar refractivity (Wildman–Crippen MR) is 65.2 cm³/mol. The Hall–Kier alpha value is -2.02. The zero-order chi connectivity index (χ0) is 12.6. The van der Waals surface area contributed by atoms with Gasteiger partial charge in [-0.3, -0.25) is 15.2 Å². The molecular formula is C10H10N4O2S. The minimum Gasteiger partial charge on any atom is -0.303 e. The molecule has 0 aliphatic heterocycles. The standard InChI is InChI=1S/C10H10N4O2S/c1-6-4-3-5-7(8(6)14(15)16)9-11-12-10(17)13(9)2/h3-5H,1-2H3,(H,12,17). The molecule has 0 atom stereocenters. The van der Waals surface area contributed by atoms with Crippen LogP contribution in [0.1, 0.15) is 5.56 Å². The molecule has 1 heterocycles. The van der Waals surface area contributed by atoms with Crippen molar-refractivity contribution in [3.05, 3.63) is 38.6 Å². The van der Waals surface area contributed by atoms with Gasteiger partial charge in [-0.2, -0.15) is 5.10 Å². The predicted octanol–water partition coefficient (Wildman–Crippen LogP) is 2.36. The maximum Gasteiger partial charge on any atom is 0.283 e. The van der Waals surface area contributed by atoms with Crippen LogP contribution in [-0.4, -0.2) is 19.7 Å². The first-order chi connectivity index (χ1) is 8.02. The number of benzene rings is 1. The molecule has 1 aromatic heterocycles. The van der Waals surface area contributed by atoms with Crippen LogP contribution in [0.15, 0.2) is 18.2 Å². The number of para-hydroxylation sites is 1. The zero-order valence-corrected chi connectivity index (χ0v) is 10.1. The average molecular weight is 250 g/mol. The maximum absolute atomic E-state index is 11.1. The van der Waals surface area contributed by atoms with Crippen LogP contribution in [-0.2, 0) is 7.05 Å². The summed E-state index contributed by atoms with van der Waals surface area (Å²) in [7, 11) is 1.72. The molecule has 88 valence electrons. The summed E-state index contributed by atoms with van der Waals surface area (Å²) in [5.74, 6) is 0.463. The molecule has 0 aliphatic carbocycles. The van der Waals surface area contributed by atoms with Crippen molar-refractivity contribution in [2.24, 2.45) is 7.05 Å². The van der Waals surface area contributed by atoms with Gasteiger partial charge in [0.25, 0.3) is 5.69 Å². The summed E-state index contributed by atoms with van der Waals surface area (Å²) in [5.41, 5.74) is 1.12. The van der Waals surface area contributed by atoms with Crippen molar-refractivity contribution in [1.82, 2.24) is 14.8 Å². The number of H-pyrrole nitrogens is 1. The molecular weight excluding hydrogens is 240 g/mol. The number of aromatic nitrogens is 3. The second-order valence-corrected chi connectivity index (χ2v) is 4.03. The van der Waals surface area contributed by atoms with Crippen LogP contribution in [0, 0.1) is 21.8 Å². The van der Waals surface area contributed by atoms with Crippen LogP contribution >= 0.6 is 12.2 Å². The van der Waals surface area contributed by atoms with Gasteiger partial charge in [0.1, 0.15) is 0 Å². The Morgan fingerprint density at radius 3 is 2.76 bits per heavy atom. The van der Waals surface area contributed by atoms with E-state index in [0.717, 1.165) is 0 Å². The molecule has 1 aromatic carbocycles. The van der Waals surface area contributed by atoms with Gasteiger partial charge in [-0.1, -0.05) is 12.1 Å². The number of aryl methyl sites for hydroxylation is 1. The number of rotatable bonds is 2. The van der Waals surface area contributed by atoms with Gasteiger partial charge in [-0.15, -0.1) is 0 Å². The normalized spacial score (nSPS) is 10.5. The molecule has 2 aromatic rings. The largest absolute Gasteiger partial charge is 0.303 e. The molecule has 0 aliphatic rings. The van der Waals surface area contributed by atoms with E-state index in [0.29, 0.717) is 21.7 Å². The van der Waals surface area contributed by atoms with Gasteiger partial charge >= 0.3 is 0 Å². The summed E-state index contributed by atoms with van der Waals surface area (Å²) in [6.45, 7) is 1.70. The van der Waals surface area contributed by atoms with E-state index in [9.17, 15) is 10.1 Å². The minimum absolute atomic E-state index is 0.0598. The lowest BCUT2D eigenvalue weighted by atomic mass is 10.1. The highest BCUT2D eigenvalue weighted by Gasteiger charge is 2.21. The van der Waals surface area contributed by atoms with E-state index in [4.69, 9.17) is 12.2 Å². The Labute approximate surface area is 102 Å². The lowest BCUT2D eigenvalue weighted by molar-refractivity contribution is -0.384.